The maximum atomic E-state index is 10.7. The molecule has 9 nitrogen and oxygen atoms in total. The summed E-state index contributed by atoms with van der Waals surface area (Å²) in [6.07, 6.45) is 2.03. The molecule has 0 saturated heterocycles. The number of hydrazine groups is 3. The lowest BCUT2D eigenvalue weighted by atomic mass is 10.3. The lowest BCUT2D eigenvalue weighted by molar-refractivity contribution is -0.137. The number of hydrogen-bond donors (Lipinski definition) is 2. The van der Waals surface area contributed by atoms with Gasteiger partial charge in [-0.05, 0) is 72.3 Å². The van der Waals surface area contributed by atoms with E-state index in [9.17, 15) is 4.79 Å². The van der Waals surface area contributed by atoms with Crippen molar-refractivity contribution in [3.63, 3.8) is 0 Å². The molecule has 0 unspecified atom stereocenters. The molecule has 3 aromatic carbocycles. The molecule has 0 fully saturated rings. The maximum Gasteiger partial charge on any atom is 0.303 e. The van der Waals surface area contributed by atoms with Gasteiger partial charge in [0.05, 0.1) is 12.2 Å². The number of carboxylic acid groups (broad SMARTS) is 1. The van der Waals surface area contributed by atoms with Crippen LogP contribution < -0.4 is 20.3 Å². The quantitative estimate of drug-likeness (QED) is 0.430. The first kappa shape index (κ1) is 22.4. The Labute approximate surface area is 195 Å². The van der Waals surface area contributed by atoms with Crippen molar-refractivity contribution in [2.45, 2.75) is 12.8 Å². The number of halogens is 1. The average molecular weight is 468 g/mol. The Morgan fingerprint density at radius 1 is 0.939 bits per heavy atom. The van der Waals surface area contributed by atoms with E-state index < -0.39 is 5.97 Å². The zero-order valence-electron chi connectivity index (χ0n) is 17.5. The molecule has 0 aromatic heterocycles. The van der Waals surface area contributed by atoms with Crippen LogP contribution in [0.4, 0.5) is 5.69 Å². The van der Waals surface area contributed by atoms with Crippen molar-refractivity contribution >= 4 is 29.6 Å². The Kier molecular flexibility index (Phi) is 6.94. The van der Waals surface area contributed by atoms with Gasteiger partial charge in [-0.15, -0.1) is 5.10 Å². The number of ether oxygens (including phenoxy) is 2. The fourth-order valence-corrected chi connectivity index (χ4v) is 3.21. The molecule has 170 valence electrons. The molecule has 1 aliphatic rings. The summed E-state index contributed by atoms with van der Waals surface area (Å²) in [7, 11) is 0. The fourth-order valence-electron chi connectivity index (χ4n) is 3.08. The molecule has 1 aliphatic heterocycles. The standard InChI is InChI=1S/C23H22ClN5O4/c24-17-6-8-19(9-7-17)32-20-10-12-21(13-11-20)33-22-4-1-3-18(15-22)27-16-26-28(29(27)25)14-2-5-23(30)31/h1,3-4,6-13,15-16H,2,5,14,25H2,(H,30,31). The van der Waals surface area contributed by atoms with Crippen LogP contribution in [0.3, 0.4) is 0 Å². The van der Waals surface area contributed by atoms with Gasteiger partial charge in [0.1, 0.15) is 29.3 Å². The topological polar surface area (TPSA) is 104 Å². The zero-order chi connectivity index (χ0) is 23.2. The van der Waals surface area contributed by atoms with E-state index in [1.165, 1.54) is 10.3 Å². The molecule has 0 spiro atoms. The number of anilines is 1. The summed E-state index contributed by atoms with van der Waals surface area (Å²) in [5, 5.41) is 18.1. The molecule has 0 atom stereocenters. The third kappa shape index (κ3) is 5.92. The maximum absolute atomic E-state index is 10.7. The van der Waals surface area contributed by atoms with Crippen LogP contribution in [-0.4, -0.2) is 34.3 Å². The minimum atomic E-state index is -0.854. The zero-order valence-corrected chi connectivity index (χ0v) is 18.3. The molecule has 3 aromatic rings. The van der Waals surface area contributed by atoms with E-state index in [2.05, 4.69) is 5.10 Å². The van der Waals surface area contributed by atoms with Gasteiger partial charge >= 0.3 is 5.97 Å². The van der Waals surface area contributed by atoms with Gasteiger partial charge in [-0.25, -0.2) is 10.9 Å². The van der Waals surface area contributed by atoms with E-state index in [1.54, 1.807) is 35.6 Å². The largest absolute Gasteiger partial charge is 0.481 e. The second-order valence-corrected chi connectivity index (χ2v) is 7.55. The second kappa shape index (κ2) is 10.2. The number of hydrogen-bond acceptors (Lipinski definition) is 8. The molecule has 33 heavy (non-hydrogen) atoms. The van der Waals surface area contributed by atoms with Crippen LogP contribution in [0, 0.1) is 0 Å². The summed E-state index contributed by atoms with van der Waals surface area (Å²) in [5.74, 6) is 7.89. The normalized spacial score (nSPS) is 13.4. The predicted octanol–water partition coefficient (Wildman–Crippen LogP) is 4.86. The van der Waals surface area contributed by atoms with Crippen molar-refractivity contribution in [2.75, 3.05) is 11.6 Å². The van der Waals surface area contributed by atoms with Crippen LogP contribution in [0.15, 0.2) is 77.9 Å². The second-order valence-electron chi connectivity index (χ2n) is 7.12. The van der Waals surface area contributed by atoms with Crippen LogP contribution >= 0.6 is 11.6 Å². The van der Waals surface area contributed by atoms with Crippen molar-refractivity contribution in [1.82, 2.24) is 10.3 Å². The lowest BCUT2D eigenvalue weighted by Gasteiger charge is -2.28. The molecular weight excluding hydrogens is 446 g/mol. The Bertz CT molecular complexity index is 1120. The van der Waals surface area contributed by atoms with Crippen molar-refractivity contribution in [3.05, 3.63) is 77.8 Å². The van der Waals surface area contributed by atoms with Crippen molar-refractivity contribution in [2.24, 2.45) is 10.9 Å². The number of hydrazone groups is 1. The van der Waals surface area contributed by atoms with Crippen LogP contribution in [0.2, 0.25) is 5.02 Å². The molecule has 1 heterocycles. The van der Waals surface area contributed by atoms with E-state index in [0.29, 0.717) is 41.0 Å². The smallest absolute Gasteiger partial charge is 0.303 e. The van der Waals surface area contributed by atoms with E-state index in [-0.39, 0.29) is 6.42 Å². The summed E-state index contributed by atoms with van der Waals surface area (Å²) < 4.78 is 11.8. The number of nitrogens with zero attached hydrogens (tertiary/aromatic N) is 4. The van der Waals surface area contributed by atoms with Crippen molar-refractivity contribution in [3.8, 4) is 23.0 Å². The van der Waals surface area contributed by atoms with Gasteiger partial charge in [-0.2, -0.15) is 5.12 Å². The third-order valence-electron chi connectivity index (χ3n) is 4.69. The number of carboxylic acids is 1. The van der Waals surface area contributed by atoms with Gasteiger partial charge in [-0.3, -0.25) is 4.79 Å². The highest BCUT2D eigenvalue weighted by Crippen LogP contribution is 2.30. The van der Waals surface area contributed by atoms with E-state index in [1.807, 2.05) is 48.5 Å². The van der Waals surface area contributed by atoms with Crippen LogP contribution in [0.25, 0.3) is 0 Å². The molecule has 0 amide bonds. The Hall–Kier alpha value is -3.79. The number of rotatable bonds is 9. The average Bonchev–Trinajstić information content (AvgIpc) is 3.17. The van der Waals surface area contributed by atoms with Crippen LogP contribution in [-0.2, 0) is 4.79 Å². The van der Waals surface area contributed by atoms with Crippen molar-refractivity contribution in [1.29, 1.82) is 0 Å². The first-order valence-electron chi connectivity index (χ1n) is 10.2. The first-order chi connectivity index (χ1) is 16.0. The lowest BCUT2D eigenvalue weighted by Crippen LogP contribution is -2.50. The Morgan fingerprint density at radius 2 is 1.55 bits per heavy atom. The van der Waals surface area contributed by atoms with Gasteiger partial charge in [0.15, 0.2) is 0 Å². The Balaban J connectivity index is 1.37. The molecule has 0 radical (unpaired) electrons. The first-order valence-corrected chi connectivity index (χ1v) is 10.5. The fraction of sp³-hybridized carbons (Fsp3) is 0.130. The summed E-state index contributed by atoms with van der Waals surface area (Å²) in [4.78, 5) is 10.7. The minimum Gasteiger partial charge on any atom is -0.481 e. The SMILES string of the molecule is NN1N(CCCC(=O)O)N=CN1c1cccc(Oc2ccc(Oc3ccc(Cl)cc3)cc2)c1. The van der Waals surface area contributed by atoms with Crippen LogP contribution in [0.5, 0.6) is 23.0 Å². The summed E-state index contributed by atoms with van der Waals surface area (Å²) in [6.45, 7) is 0.385. The third-order valence-corrected chi connectivity index (χ3v) is 4.94. The van der Waals surface area contributed by atoms with E-state index in [4.69, 9.17) is 32.0 Å². The van der Waals surface area contributed by atoms with Gasteiger partial charge in [0.2, 0.25) is 0 Å². The van der Waals surface area contributed by atoms with Gasteiger partial charge in [0.25, 0.3) is 0 Å². The van der Waals surface area contributed by atoms with E-state index in [0.717, 1.165) is 5.69 Å². The van der Waals surface area contributed by atoms with E-state index >= 15 is 0 Å². The molecule has 3 N–H and O–H groups in total. The Morgan fingerprint density at radius 3 is 2.18 bits per heavy atom. The number of aliphatic carboxylic acids is 1. The number of carbonyl (C=O) groups is 1. The minimum absolute atomic E-state index is 0.0483. The van der Waals surface area contributed by atoms with Gasteiger partial charge in [-0.1, -0.05) is 17.7 Å². The molecule has 10 heteroatoms. The highest BCUT2D eigenvalue weighted by molar-refractivity contribution is 6.30. The molecular formula is C23H22ClN5O4. The summed E-state index contributed by atoms with van der Waals surface area (Å²) in [5.41, 5.74) is 0.738. The number of benzene rings is 3. The summed E-state index contributed by atoms with van der Waals surface area (Å²) in [6, 6.07) is 21.8. The van der Waals surface area contributed by atoms with Crippen molar-refractivity contribution < 1.29 is 19.4 Å². The highest BCUT2D eigenvalue weighted by Gasteiger charge is 2.23. The molecule has 0 bridgehead atoms. The molecule has 0 saturated carbocycles. The van der Waals surface area contributed by atoms with Gasteiger partial charge in [0, 0.05) is 17.5 Å². The van der Waals surface area contributed by atoms with Crippen LogP contribution in [0.1, 0.15) is 12.8 Å². The molecule has 0 aliphatic carbocycles. The highest BCUT2D eigenvalue weighted by atomic mass is 35.5. The predicted molar refractivity (Wildman–Crippen MR) is 125 cm³/mol. The monoisotopic (exact) mass is 467 g/mol. The number of nitrogens with two attached hydrogens (primary N) is 1. The molecule has 4 rings (SSSR count). The van der Waals surface area contributed by atoms with Gasteiger partial charge < -0.3 is 14.6 Å². The summed E-state index contributed by atoms with van der Waals surface area (Å²) >= 11 is 5.90.